The van der Waals surface area contributed by atoms with Crippen LogP contribution in [0.4, 0.5) is 4.39 Å². The Morgan fingerprint density at radius 1 is 1.13 bits per heavy atom. The normalized spacial score (nSPS) is 15.8. The van der Waals surface area contributed by atoms with Gasteiger partial charge in [0.05, 0.1) is 6.10 Å². The van der Waals surface area contributed by atoms with Crippen molar-refractivity contribution in [3.8, 4) is 11.4 Å². The number of thiophene rings is 1. The van der Waals surface area contributed by atoms with Gasteiger partial charge in [0.1, 0.15) is 18.4 Å². The summed E-state index contributed by atoms with van der Waals surface area (Å²) in [5.74, 6) is -0.705. The predicted octanol–water partition coefficient (Wildman–Crippen LogP) is 3.61. The summed E-state index contributed by atoms with van der Waals surface area (Å²) in [6.45, 7) is 1.02. The van der Waals surface area contributed by atoms with E-state index in [1.807, 2.05) is 47.8 Å². The Morgan fingerprint density at radius 2 is 1.95 bits per heavy atom. The Morgan fingerprint density at radius 3 is 2.66 bits per heavy atom. The molecule has 4 aromatic rings. The molecular formula is C27H27FN6O3S. The van der Waals surface area contributed by atoms with Crippen molar-refractivity contribution >= 4 is 23.2 Å². The van der Waals surface area contributed by atoms with Crippen molar-refractivity contribution in [1.29, 1.82) is 0 Å². The van der Waals surface area contributed by atoms with Crippen molar-refractivity contribution in [3.05, 3.63) is 88.4 Å². The molecule has 2 atom stereocenters. The van der Waals surface area contributed by atoms with Crippen LogP contribution in [0, 0.1) is 5.82 Å². The number of tetrazole rings is 1. The summed E-state index contributed by atoms with van der Waals surface area (Å²) in [6.07, 6.45) is 1.55. The van der Waals surface area contributed by atoms with E-state index >= 15 is 0 Å². The lowest BCUT2D eigenvalue weighted by Gasteiger charge is -2.32. The second-order valence-electron chi connectivity index (χ2n) is 8.95. The van der Waals surface area contributed by atoms with E-state index in [0.717, 1.165) is 23.3 Å². The Bertz CT molecular complexity index is 1340. The van der Waals surface area contributed by atoms with E-state index in [9.17, 15) is 14.0 Å². The molecule has 0 bridgehead atoms. The standard InChI is InChI=1S/C27H27FN6O3S/c28-21-12-10-20(11-13-21)26-30-32-34(31-26)18-24(35)33(17-22-8-4-14-37-22)25(23-9-5-15-38-23)27(36)29-16-19-6-2-1-3-7-19/h1-3,5-7,9-13,15,22,25H,4,8,14,16-18H2,(H,29,36)/t22-,25+/m0/s1. The number of carbonyl (C=O) groups excluding carboxylic acids is 2. The fourth-order valence-electron chi connectivity index (χ4n) is 4.35. The maximum atomic E-state index is 13.7. The topological polar surface area (TPSA) is 102 Å². The van der Waals surface area contributed by atoms with Crippen LogP contribution in [0.25, 0.3) is 11.4 Å². The number of nitrogens with one attached hydrogen (secondary N) is 1. The van der Waals surface area contributed by atoms with E-state index in [-0.39, 0.29) is 42.6 Å². The summed E-state index contributed by atoms with van der Waals surface area (Å²) in [5.41, 5.74) is 1.54. The molecule has 1 saturated heterocycles. The number of rotatable bonds is 10. The van der Waals surface area contributed by atoms with Crippen molar-refractivity contribution in [3.63, 3.8) is 0 Å². The summed E-state index contributed by atoms with van der Waals surface area (Å²) in [5, 5.41) is 17.2. The third kappa shape index (κ3) is 6.29. The summed E-state index contributed by atoms with van der Waals surface area (Å²) in [4.78, 5) is 30.8. The van der Waals surface area contributed by atoms with Gasteiger partial charge in [-0.15, -0.1) is 21.5 Å². The SMILES string of the molecule is O=C(NCc1ccccc1)[C@@H](c1cccs1)N(C[C@@H]1CCCO1)C(=O)Cn1nnc(-c2ccc(F)cc2)n1. The minimum atomic E-state index is -0.837. The minimum Gasteiger partial charge on any atom is -0.376 e. The number of halogens is 1. The quantitative estimate of drug-likeness (QED) is 0.334. The number of hydrogen-bond acceptors (Lipinski definition) is 7. The van der Waals surface area contributed by atoms with Crippen LogP contribution in [0.3, 0.4) is 0 Å². The van der Waals surface area contributed by atoms with Crippen LogP contribution in [0.1, 0.15) is 29.3 Å². The van der Waals surface area contributed by atoms with Gasteiger partial charge < -0.3 is 15.0 Å². The summed E-state index contributed by atoms with van der Waals surface area (Å²) in [7, 11) is 0. The lowest BCUT2D eigenvalue weighted by atomic mass is 10.1. The van der Waals surface area contributed by atoms with Crippen molar-refractivity contribution in [1.82, 2.24) is 30.4 Å². The van der Waals surface area contributed by atoms with E-state index in [1.54, 1.807) is 17.0 Å². The monoisotopic (exact) mass is 534 g/mol. The number of carbonyl (C=O) groups is 2. The van der Waals surface area contributed by atoms with Gasteiger partial charge in [0.25, 0.3) is 0 Å². The zero-order valence-corrected chi connectivity index (χ0v) is 21.4. The van der Waals surface area contributed by atoms with Crippen LogP contribution in [-0.4, -0.2) is 56.2 Å². The van der Waals surface area contributed by atoms with Crippen molar-refractivity contribution in [2.45, 2.75) is 38.1 Å². The number of nitrogens with zero attached hydrogens (tertiary/aromatic N) is 5. The third-order valence-electron chi connectivity index (χ3n) is 6.26. The molecule has 0 unspecified atom stereocenters. The number of ether oxygens (including phenoxy) is 1. The first kappa shape index (κ1) is 25.7. The van der Waals surface area contributed by atoms with Gasteiger partial charge in [0, 0.05) is 30.1 Å². The third-order valence-corrected chi connectivity index (χ3v) is 7.18. The predicted molar refractivity (Wildman–Crippen MR) is 139 cm³/mol. The second kappa shape index (κ2) is 12.1. The molecule has 0 radical (unpaired) electrons. The van der Waals surface area contributed by atoms with Crippen molar-refractivity contribution in [2.24, 2.45) is 0 Å². The van der Waals surface area contributed by atoms with E-state index in [1.165, 1.54) is 28.3 Å². The van der Waals surface area contributed by atoms with E-state index < -0.39 is 6.04 Å². The number of benzene rings is 2. The highest BCUT2D eigenvalue weighted by Gasteiger charge is 2.35. The van der Waals surface area contributed by atoms with Crippen LogP contribution in [0.5, 0.6) is 0 Å². The Hall–Kier alpha value is -3.96. The van der Waals surface area contributed by atoms with Gasteiger partial charge in [-0.3, -0.25) is 9.59 Å². The molecule has 0 spiro atoms. The Labute approximate surface area is 223 Å². The molecule has 2 amide bonds. The first-order valence-electron chi connectivity index (χ1n) is 12.4. The molecule has 0 saturated carbocycles. The molecular weight excluding hydrogens is 507 g/mol. The van der Waals surface area contributed by atoms with E-state index in [4.69, 9.17) is 4.74 Å². The first-order chi connectivity index (χ1) is 18.6. The summed E-state index contributed by atoms with van der Waals surface area (Å²) >= 11 is 1.42. The average molecular weight is 535 g/mol. The van der Waals surface area contributed by atoms with Gasteiger partial charge in [-0.05, 0) is 59.3 Å². The second-order valence-corrected chi connectivity index (χ2v) is 9.93. The lowest BCUT2D eigenvalue weighted by Crippen LogP contribution is -2.47. The molecule has 0 aliphatic carbocycles. The van der Waals surface area contributed by atoms with Gasteiger partial charge in [-0.1, -0.05) is 36.4 Å². The molecule has 1 aliphatic heterocycles. The van der Waals surface area contributed by atoms with Crippen molar-refractivity contribution in [2.75, 3.05) is 13.2 Å². The van der Waals surface area contributed by atoms with Crippen LogP contribution < -0.4 is 5.32 Å². The molecule has 1 aliphatic rings. The minimum absolute atomic E-state index is 0.165. The largest absolute Gasteiger partial charge is 0.376 e. The number of aromatic nitrogens is 4. The maximum Gasteiger partial charge on any atom is 0.248 e. The molecule has 3 heterocycles. The molecule has 9 nitrogen and oxygen atoms in total. The molecule has 1 fully saturated rings. The van der Waals surface area contributed by atoms with Gasteiger partial charge in [0.15, 0.2) is 0 Å². The average Bonchev–Trinajstić information content (AvgIpc) is 3.72. The highest BCUT2D eigenvalue weighted by atomic mass is 32.1. The molecule has 2 aromatic carbocycles. The first-order valence-corrected chi connectivity index (χ1v) is 13.2. The molecule has 2 aromatic heterocycles. The van der Waals surface area contributed by atoms with Gasteiger partial charge in [0.2, 0.25) is 17.6 Å². The summed E-state index contributed by atoms with van der Waals surface area (Å²) in [6, 6.07) is 18.2. The maximum absolute atomic E-state index is 13.7. The molecule has 196 valence electrons. The van der Waals surface area contributed by atoms with Crippen LogP contribution in [-0.2, 0) is 27.4 Å². The Balaban J connectivity index is 1.38. The fourth-order valence-corrected chi connectivity index (χ4v) is 5.18. The molecule has 38 heavy (non-hydrogen) atoms. The van der Waals surface area contributed by atoms with E-state index in [0.29, 0.717) is 18.7 Å². The molecule has 11 heteroatoms. The number of hydrogen-bond donors (Lipinski definition) is 1. The van der Waals surface area contributed by atoms with Gasteiger partial charge >= 0.3 is 0 Å². The van der Waals surface area contributed by atoms with Crippen LogP contribution in [0.2, 0.25) is 0 Å². The zero-order valence-electron chi connectivity index (χ0n) is 20.6. The Kier molecular flexibility index (Phi) is 8.15. The van der Waals surface area contributed by atoms with Crippen LogP contribution >= 0.6 is 11.3 Å². The van der Waals surface area contributed by atoms with Gasteiger partial charge in [-0.2, -0.15) is 4.80 Å². The highest BCUT2D eigenvalue weighted by molar-refractivity contribution is 7.10. The fraction of sp³-hybridized carbons (Fsp3) is 0.296. The number of amides is 2. The zero-order chi connectivity index (χ0) is 26.3. The highest BCUT2D eigenvalue weighted by Crippen LogP contribution is 2.28. The van der Waals surface area contributed by atoms with Crippen LogP contribution in [0.15, 0.2) is 72.1 Å². The smallest absolute Gasteiger partial charge is 0.248 e. The molecule has 5 rings (SSSR count). The van der Waals surface area contributed by atoms with Crippen molar-refractivity contribution < 1.29 is 18.7 Å². The van der Waals surface area contributed by atoms with E-state index in [2.05, 4.69) is 20.7 Å². The lowest BCUT2D eigenvalue weighted by molar-refractivity contribution is -0.143. The van der Waals surface area contributed by atoms with Gasteiger partial charge in [-0.25, -0.2) is 4.39 Å². The summed E-state index contributed by atoms with van der Waals surface area (Å²) < 4.78 is 19.1. The molecule has 1 N–H and O–H groups in total.